The number of unbranched alkanes of at least 4 members (excludes halogenated alkanes) is 1. The van der Waals surface area contributed by atoms with Gasteiger partial charge in [0.1, 0.15) is 4.47 Å². The van der Waals surface area contributed by atoms with E-state index in [2.05, 4.69) is 26.3 Å². The summed E-state index contributed by atoms with van der Waals surface area (Å²) in [5, 5.41) is 7.13. The smallest absolute Gasteiger partial charge is 0.283 e. The maximum Gasteiger partial charge on any atom is 0.283 e. The minimum Gasteiger partial charge on any atom is -0.383 e. The molecule has 6 nitrogen and oxygen atoms in total. The van der Waals surface area contributed by atoms with Crippen molar-refractivity contribution in [2.45, 2.75) is 32.7 Å². The summed E-state index contributed by atoms with van der Waals surface area (Å²) >= 11 is 3.25. The lowest BCUT2D eigenvalue weighted by Crippen LogP contribution is -2.23. The highest BCUT2D eigenvalue weighted by molar-refractivity contribution is 9.10. The van der Waals surface area contributed by atoms with Crippen LogP contribution in [0.15, 0.2) is 15.5 Å². The van der Waals surface area contributed by atoms with Crippen molar-refractivity contribution in [1.82, 2.24) is 9.78 Å². The highest BCUT2D eigenvalue weighted by Crippen LogP contribution is 2.16. The summed E-state index contributed by atoms with van der Waals surface area (Å²) in [4.78, 5) is 22.3. The number of aromatic nitrogens is 2. The first-order chi connectivity index (χ1) is 8.56. The summed E-state index contributed by atoms with van der Waals surface area (Å²) in [6.45, 7) is 3.07. The molecule has 0 fully saturated rings. The summed E-state index contributed by atoms with van der Waals surface area (Å²) in [5.74, 6) is -0.289. The van der Waals surface area contributed by atoms with Crippen molar-refractivity contribution in [3.63, 3.8) is 0 Å². The zero-order valence-corrected chi connectivity index (χ0v) is 11.9. The molecule has 0 saturated heterocycles. The molecule has 0 aromatic carbocycles. The molecular weight excluding hydrogens is 300 g/mol. The van der Waals surface area contributed by atoms with Crippen LogP contribution in [0.5, 0.6) is 0 Å². The predicted octanol–water partition coefficient (Wildman–Crippen LogP) is 1.09. The first-order valence-electron chi connectivity index (χ1n) is 5.84. The van der Waals surface area contributed by atoms with Crippen LogP contribution in [0, 0.1) is 0 Å². The van der Waals surface area contributed by atoms with Gasteiger partial charge in [-0.25, -0.2) is 4.68 Å². The molecule has 1 rings (SSSR count). The van der Waals surface area contributed by atoms with Crippen molar-refractivity contribution >= 4 is 27.5 Å². The lowest BCUT2D eigenvalue weighted by atomic mass is 10.2. The third-order valence-electron chi connectivity index (χ3n) is 2.45. The van der Waals surface area contributed by atoms with Gasteiger partial charge >= 0.3 is 0 Å². The molecule has 0 radical (unpaired) electrons. The first kappa shape index (κ1) is 14.7. The van der Waals surface area contributed by atoms with Crippen LogP contribution >= 0.6 is 15.9 Å². The molecule has 0 unspecified atom stereocenters. The molecule has 7 heteroatoms. The zero-order chi connectivity index (χ0) is 13.5. The molecule has 0 aliphatic heterocycles. The number of rotatable bonds is 7. The van der Waals surface area contributed by atoms with E-state index in [1.807, 2.05) is 6.92 Å². The third-order valence-corrected chi connectivity index (χ3v) is 3.22. The fourth-order valence-electron chi connectivity index (χ4n) is 1.46. The zero-order valence-electron chi connectivity index (χ0n) is 10.3. The maximum absolute atomic E-state index is 11.8. The maximum atomic E-state index is 11.8. The fourth-order valence-corrected chi connectivity index (χ4v) is 1.91. The molecule has 1 heterocycles. The monoisotopic (exact) mass is 316 g/mol. The Morgan fingerprint density at radius 2 is 2.28 bits per heavy atom. The lowest BCUT2D eigenvalue weighted by Gasteiger charge is -2.09. The van der Waals surface area contributed by atoms with Crippen molar-refractivity contribution < 1.29 is 4.79 Å². The predicted molar refractivity (Wildman–Crippen MR) is 73.4 cm³/mol. The van der Waals surface area contributed by atoms with Crippen LogP contribution in [-0.2, 0) is 11.3 Å². The van der Waals surface area contributed by atoms with Crippen molar-refractivity contribution in [2.75, 3.05) is 11.9 Å². The molecule has 1 aromatic heterocycles. The summed E-state index contributed by atoms with van der Waals surface area (Å²) in [6.07, 6.45) is 3.55. The van der Waals surface area contributed by atoms with Crippen LogP contribution in [0.1, 0.15) is 26.2 Å². The number of amides is 1. The van der Waals surface area contributed by atoms with Gasteiger partial charge in [-0.15, -0.1) is 0 Å². The topological polar surface area (TPSA) is 90.0 Å². The van der Waals surface area contributed by atoms with Crippen LogP contribution in [-0.4, -0.2) is 22.2 Å². The van der Waals surface area contributed by atoms with Gasteiger partial charge in [-0.3, -0.25) is 9.59 Å². The summed E-state index contributed by atoms with van der Waals surface area (Å²) in [7, 11) is 0. The molecule has 0 aliphatic carbocycles. The van der Waals surface area contributed by atoms with Gasteiger partial charge < -0.3 is 11.1 Å². The standard InChI is InChI=1S/C11H17BrN4O2/c1-2-16-11(18)10(12)8(7-15-16)14-6-4-3-5-9(13)17/h7,14H,2-6H2,1H3,(H2,13,17). The number of hydrogen-bond donors (Lipinski definition) is 2. The number of carbonyl (C=O) groups is 1. The van der Waals surface area contributed by atoms with Crippen molar-refractivity contribution in [2.24, 2.45) is 5.73 Å². The van der Waals surface area contributed by atoms with E-state index in [9.17, 15) is 9.59 Å². The average Bonchev–Trinajstić information content (AvgIpc) is 2.33. The SMILES string of the molecule is CCn1ncc(NCCCCC(N)=O)c(Br)c1=O. The number of primary amides is 1. The summed E-state index contributed by atoms with van der Waals surface area (Å²) in [5.41, 5.74) is 5.56. The van der Waals surface area contributed by atoms with Crippen LogP contribution in [0.3, 0.4) is 0 Å². The number of carbonyl (C=O) groups excluding carboxylic acids is 1. The van der Waals surface area contributed by atoms with E-state index >= 15 is 0 Å². The second-order valence-electron chi connectivity index (χ2n) is 3.84. The van der Waals surface area contributed by atoms with Gasteiger partial charge in [-0.1, -0.05) is 0 Å². The van der Waals surface area contributed by atoms with Crippen LogP contribution in [0.2, 0.25) is 0 Å². The molecule has 0 saturated carbocycles. The molecule has 18 heavy (non-hydrogen) atoms. The minimum atomic E-state index is -0.289. The molecule has 0 aliphatic rings. The third kappa shape index (κ3) is 4.14. The molecule has 0 bridgehead atoms. The average molecular weight is 317 g/mol. The highest BCUT2D eigenvalue weighted by atomic mass is 79.9. The molecule has 100 valence electrons. The number of anilines is 1. The van der Waals surface area contributed by atoms with Gasteiger partial charge in [0, 0.05) is 19.5 Å². The van der Waals surface area contributed by atoms with E-state index in [0.29, 0.717) is 29.7 Å². The number of aryl methyl sites for hydroxylation is 1. The van der Waals surface area contributed by atoms with E-state index in [1.54, 1.807) is 6.20 Å². The molecule has 1 aromatic rings. The Labute approximate surface area is 114 Å². The Morgan fingerprint density at radius 1 is 1.56 bits per heavy atom. The number of nitrogens with one attached hydrogen (secondary N) is 1. The van der Waals surface area contributed by atoms with Gasteiger partial charge in [-0.05, 0) is 35.7 Å². The highest BCUT2D eigenvalue weighted by Gasteiger charge is 2.07. The first-order valence-corrected chi connectivity index (χ1v) is 6.63. The summed E-state index contributed by atoms with van der Waals surface area (Å²) < 4.78 is 1.86. The Kier molecular flexibility index (Phi) is 5.84. The van der Waals surface area contributed by atoms with Crippen LogP contribution in [0.25, 0.3) is 0 Å². The van der Waals surface area contributed by atoms with E-state index in [-0.39, 0.29) is 11.5 Å². The number of nitrogens with zero attached hydrogens (tertiary/aromatic N) is 2. The second kappa shape index (κ2) is 7.15. The molecule has 1 amide bonds. The second-order valence-corrected chi connectivity index (χ2v) is 4.64. The van der Waals surface area contributed by atoms with Gasteiger partial charge in [0.15, 0.2) is 0 Å². The van der Waals surface area contributed by atoms with Gasteiger partial charge in [0.2, 0.25) is 5.91 Å². The van der Waals surface area contributed by atoms with E-state index < -0.39 is 0 Å². The molecule has 3 N–H and O–H groups in total. The fraction of sp³-hybridized carbons (Fsp3) is 0.545. The Balaban J connectivity index is 2.51. The molecule has 0 spiro atoms. The van der Waals surface area contributed by atoms with Crippen molar-refractivity contribution in [3.05, 3.63) is 21.0 Å². The van der Waals surface area contributed by atoms with Crippen molar-refractivity contribution in [1.29, 1.82) is 0 Å². The summed E-state index contributed by atoms with van der Waals surface area (Å²) in [6, 6.07) is 0. The van der Waals surface area contributed by atoms with Crippen LogP contribution in [0.4, 0.5) is 5.69 Å². The number of nitrogens with two attached hydrogens (primary N) is 1. The largest absolute Gasteiger partial charge is 0.383 e. The van der Waals surface area contributed by atoms with Gasteiger partial charge in [0.25, 0.3) is 5.56 Å². The Morgan fingerprint density at radius 3 is 2.89 bits per heavy atom. The number of hydrogen-bond acceptors (Lipinski definition) is 4. The normalized spacial score (nSPS) is 10.3. The molecule has 0 atom stereocenters. The minimum absolute atomic E-state index is 0.153. The Hall–Kier alpha value is -1.37. The van der Waals surface area contributed by atoms with E-state index in [4.69, 9.17) is 5.73 Å². The van der Waals surface area contributed by atoms with Gasteiger partial charge in [-0.2, -0.15) is 5.10 Å². The lowest BCUT2D eigenvalue weighted by molar-refractivity contribution is -0.118. The Bertz CT molecular complexity index is 473. The van der Waals surface area contributed by atoms with Crippen molar-refractivity contribution in [3.8, 4) is 0 Å². The van der Waals surface area contributed by atoms with Crippen LogP contribution < -0.4 is 16.6 Å². The number of halogens is 1. The van der Waals surface area contributed by atoms with E-state index in [0.717, 1.165) is 12.8 Å². The molecular formula is C11H17BrN4O2. The van der Waals surface area contributed by atoms with Gasteiger partial charge in [0.05, 0.1) is 11.9 Å². The quantitative estimate of drug-likeness (QED) is 0.737. The van der Waals surface area contributed by atoms with E-state index in [1.165, 1.54) is 4.68 Å².